The van der Waals surface area contributed by atoms with Crippen LogP contribution in [0, 0.1) is 5.41 Å². The molecule has 0 aliphatic heterocycles. The van der Waals surface area contributed by atoms with Gasteiger partial charge in [-0.2, -0.15) is 0 Å². The topological polar surface area (TPSA) is 106 Å². The second-order valence-electron chi connectivity index (χ2n) is 8.00. The summed E-state index contributed by atoms with van der Waals surface area (Å²) in [5.41, 5.74) is 3.59. The molecule has 2 aromatic carbocycles. The molecule has 0 spiro atoms. The molecule has 0 aliphatic carbocycles. The van der Waals surface area contributed by atoms with E-state index in [4.69, 9.17) is 29.0 Å². The number of H-pyrrole nitrogens is 1. The van der Waals surface area contributed by atoms with E-state index in [1.54, 1.807) is 50.8 Å². The summed E-state index contributed by atoms with van der Waals surface area (Å²) in [6.45, 7) is 2.01. The Hall–Kier alpha value is -4.37. The lowest BCUT2D eigenvalue weighted by atomic mass is 10.2. The zero-order chi connectivity index (χ0) is 25.1. The summed E-state index contributed by atoms with van der Waals surface area (Å²) in [7, 11) is 3.25. The average molecular weight is 501 g/mol. The maximum Gasteiger partial charge on any atom is 0.155 e. The molecule has 9 heteroatoms. The van der Waals surface area contributed by atoms with E-state index in [2.05, 4.69) is 9.97 Å². The summed E-state index contributed by atoms with van der Waals surface area (Å²) < 4.78 is 22.9. The molecule has 0 radical (unpaired) electrons. The van der Waals surface area contributed by atoms with Crippen LogP contribution in [0.4, 0.5) is 0 Å². The fourth-order valence-electron chi connectivity index (χ4n) is 3.59. The van der Waals surface area contributed by atoms with Crippen molar-refractivity contribution in [2.45, 2.75) is 13.5 Å². The number of ether oxygens (including phenoxy) is 3. The normalized spacial score (nSPS) is 11.3. The van der Waals surface area contributed by atoms with Crippen LogP contribution in [0.5, 0.6) is 17.2 Å². The van der Waals surface area contributed by atoms with Crippen LogP contribution < -0.4 is 14.2 Å². The van der Waals surface area contributed by atoms with Crippen molar-refractivity contribution >= 4 is 34.1 Å². The molecular formula is C27H24N4O4S. The lowest BCUT2D eigenvalue weighted by Crippen LogP contribution is -1.97. The molecule has 0 amide bonds. The summed E-state index contributed by atoms with van der Waals surface area (Å²) in [6, 6.07) is 13.4. The summed E-state index contributed by atoms with van der Waals surface area (Å²) in [5, 5.41) is 11.3. The number of fused-ring (bicyclic) bond motifs is 1. The number of imidazole rings is 1. The van der Waals surface area contributed by atoms with Gasteiger partial charge < -0.3 is 29.0 Å². The van der Waals surface area contributed by atoms with Gasteiger partial charge in [0.05, 0.1) is 25.3 Å². The second-order valence-corrected chi connectivity index (χ2v) is 8.85. The van der Waals surface area contributed by atoms with Crippen molar-refractivity contribution in [1.82, 2.24) is 15.0 Å². The predicted molar refractivity (Wildman–Crippen MR) is 141 cm³/mol. The van der Waals surface area contributed by atoms with Gasteiger partial charge >= 0.3 is 0 Å². The van der Waals surface area contributed by atoms with Gasteiger partial charge in [-0.25, -0.2) is 9.97 Å². The van der Waals surface area contributed by atoms with Crippen LogP contribution in [0.3, 0.4) is 0 Å². The van der Waals surface area contributed by atoms with Gasteiger partial charge in [-0.1, -0.05) is 0 Å². The van der Waals surface area contributed by atoms with Gasteiger partial charge in [0.1, 0.15) is 46.0 Å². The van der Waals surface area contributed by atoms with E-state index in [-0.39, 0.29) is 0 Å². The number of rotatable bonds is 9. The first-order chi connectivity index (χ1) is 17.5. The largest absolute Gasteiger partial charge is 0.497 e. The maximum absolute atomic E-state index is 7.53. The summed E-state index contributed by atoms with van der Waals surface area (Å²) in [5.74, 6) is 3.31. The quantitative estimate of drug-likeness (QED) is 0.221. The Kier molecular flexibility index (Phi) is 6.55. The highest BCUT2D eigenvalue weighted by atomic mass is 32.1. The smallest absolute Gasteiger partial charge is 0.155 e. The molecular weight excluding hydrogens is 476 g/mol. The van der Waals surface area contributed by atoms with E-state index in [0.717, 1.165) is 27.4 Å². The van der Waals surface area contributed by atoms with Crippen LogP contribution >= 0.6 is 11.3 Å². The van der Waals surface area contributed by atoms with Crippen molar-refractivity contribution in [3.8, 4) is 39.3 Å². The van der Waals surface area contributed by atoms with Gasteiger partial charge in [-0.05, 0) is 49.4 Å². The Labute approximate surface area is 211 Å². The Morgan fingerprint density at radius 3 is 2.64 bits per heavy atom. The first-order valence-electron chi connectivity index (χ1n) is 11.1. The Bertz CT molecular complexity index is 1550. The van der Waals surface area contributed by atoms with E-state index in [1.165, 1.54) is 0 Å². The second kappa shape index (κ2) is 10.1. The van der Waals surface area contributed by atoms with Crippen molar-refractivity contribution in [3.63, 3.8) is 0 Å². The van der Waals surface area contributed by atoms with Gasteiger partial charge in [0.25, 0.3) is 0 Å². The number of thiazole rings is 1. The van der Waals surface area contributed by atoms with Gasteiger partial charge in [-0.3, -0.25) is 0 Å². The molecule has 0 saturated heterocycles. The van der Waals surface area contributed by atoms with Crippen LogP contribution in [0.25, 0.3) is 39.1 Å². The number of aromatic amines is 1. The monoisotopic (exact) mass is 500 g/mol. The molecule has 3 heterocycles. The van der Waals surface area contributed by atoms with Crippen LogP contribution in [0.2, 0.25) is 0 Å². The fourth-order valence-corrected chi connectivity index (χ4v) is 4.40. The third-order valence-corrected chi connectivity index (χ3v) is 6.35. The number of furan rings is 1. The number of nitrogens with zero attached hydrogens (tertiary/aromatic N) is 2. The number of benzene rings is 2. The SMILES string of the molecule is COc1ccc(-c2nc(COc3cc(OC)cc4oc(-c5c[nH]c(/C=C\C(C)=N)n5)cc34)cs2)cc1. The molecule has 36 heavy (non-hydrogen) atoms. The third kappa shape index (κ3) is 5.01. The summed E-state index contributed by atoms with van der Waals surface area (Å²) in [6.07, 6.45) is 5.20. The van der Waals surface area contributed by atoms with E-state index >= 15 is 0 Å². The molecule has 8 nitrogen and oxygen atoms in total. The molecule has 2 N–H and O–H groups in total. The molecule has 0 saturated carbocycles. The highest BCUT2D eigenvalue weighted by molar-refractivity contribution is 7.13. The Morgan fingerprint density at radius 2 is 1.89 bits per heavy atom. The summed E-state index contributed by atoms with van der Waals surface area (Å²) >= 11 is 1.57. The number of allylic oxidation sites excluding steroid dienone is 1. The molecule has 3 aromatic heterocycles. The van der Waals surface area contributed by atoms with Gasteiger partial charge in [0.2, 0.25) is 0 Å². The van der Waals surface area contributed by atoms with Crippen LogP contribution in [0.15, 0.2) is 64.5 Å². The van der Waals surface area contributed by atoms with E-state index < -0.39 is 0 Å². The van der Waals surface area contributed by atoms with Crippen molar-refractivity contribution in [1.29, 1.82) is 5.41 Å². The van der Waals surface area contributed by atoms with Gasteiger partial charge in [-0.15, -0.1) is 11.3 Å². The van der Waals surface area contributed by atoms with Crippen molar-refractivity contribution in [3.05, 3.63) is 71.6 Å². The zero-order valence-electron chi connectivity index (χ0n) is 20.0. The number of hydrogen-bond acceptors (Lipinski definition) is 8. The summed E-state index contributed by atoms with van der Waals surface area (Å²) in [4.78, 5) is 12.3. The number of methoxy groups -OCH3 is 2. The zero-order valence-corrected chi connectivity index (χ0v) is 20.8. The number of aromatic nitrogens is 3. The van der Waals surface area contributed by atoms with Crippen molar-refractivity contribution in [2.75, 3.05) is 14.2 Å². The van der Waals surface area contributed by atoms with E-state index in [1.807, 2.05) is 47.8 Å². The minimum Gasteiger partial charge on any atom is -0.497 e. The number of nitrogens with one attached hydrogen (secondary N) is 2. The third-order valence-electron chi connectivity index (χ3n) is 5.41. The highest BCUT2D eigenvalue weighted by Crippen LogP contribution is 2.37. The highest BCUT2D eigenvalue weighted by Gasteiger charge is 2.16. The minimum atomic E-state index is 0.301. The first kappa shape index (κ1) is 23.4. The van der Waals surface area contributed by atoms with Crippen molar-refractivity contribution < 1.29 is 18.6 Å². The predicted octanol–water partition coefficient (Wildman–Crippen LogP) is 6.60. The molecule has 5 aromatic rings. The minimum absolute atomic E-state index is 0.301. The maximum atomic E-state index is 7.53. The lowest BCUT2D eigenvalue weighted by Gasteiger charge is -2.08. The van der Waals surface area contributed by atoms with Gasteiger partial charge in [0.15, 0.2) is 5.76 Å². The van der Waals surface area contributed by atoms with Crippen LogP contribution in [0.1, 0.15) is 18.4 Å². The molecule has 0 atom stereocenters. The fraction of sp³-hybridized carbons (Fsp3) is 0.148. The lowest BCUT2D eigenvalue weighted by molar-refractivity contribution is 0.303. The Balaban J connectivity index is 1.38. The van der Waals surface area contributed by atoms with Crippen LogP contribution in [-0.2, 0) is 6.61 Å². The van der Waals surface area contributed by atoms with Gasteiger partial charge in [0, 0.05) is 35.0 Å². The number of hydrogen-bond donors (Lipinski definition) is 2. The van der Waals surface area contributed by atoms with E-state index in [0.29, 0.717) is 46.7 Å². The van der Waals surface area contributed by atoms with E-state index in [9.17, 15) is 0 Å². The molecule has 0 aliphatic rings. The van der Waals surface area contributed by atoms with Crippen molar-refractivity contribution in [2.24, 2.45) is 0 Å². The average Bonchev–Trinajstić information content (AvgIpc) is 3.65. The molecule has 0 unspecified atom stereocenters. The standard InChI is InChI=1S/C27H24N4O4S/c1-16(28)4-9-26-29-13-22(31-26)25-12-21-23(10-20(33-3)11-24(21)35-25)34-14-18-15-36-27(30-18)17-5-7-19(32-2)8-6-17/h4-13,15,28H,14H2,1-3H3,(H,29,31)/b9-4-,28-16?. The van der Waals surface area contributed by atoms with Crippen LogP contribution in [-0.4, -0.2) is 34.9 Å². The molecule has 0 fully saturated rings. The molecule has 0 bridgehead atoms. The Morgan fingerprint density at radius 1 is 1.08 bits per heavy atom. The molecule has 5 rings (SSSR count). The first-order valence-corrected chi connectivity index (χ1v) is 12.0. The molecule has 182 valence electrons.